The molecule has 1 aliphatic rings. The minimum Gasteiger partial charge on any atom is -0.0619 e. The highest BCUT2D eigenvalue weighted by molar-refractivity contribution is 6.11. The maximum absolute atomic E-state index is 2.36. The van der Waals surface area contributed by atoms with Crippen molar-refractivity contribution in [3.8, 4) is 0 Å². The first-order valence-corrected chi connectivity index (χ1v) is 6.75. The smallest absolute Gasteiger partial charge is 0.00704 e. The van der Waals surface area contributed by atoms with Gasteiger partial charge in [0.2, 0.25) is 0 Å². The zero-order valence-corrected chi connectivity index (χ0v) is 10.6. The summed E-state index contributed by atoms with van der Waals surface area (Å²) in [5.74, 6) is 0.730. The maximum Gasteiger partial charge on any atom is -0.00704 e. The van der Waals surface area contributed by atoms with Gasteiger partial charge in [-0.05, 0) is 51.4 Å². The van der Waals surface area contributed by atoms with Gasteiger partial charge in [-0.25, -0.2) is 0 Å². The summed E-state index contributed by atoms with van der Waals surface area (Å²) in [5, 5.41) is 5.77. The number of hydrogen-bond donors (Lipinski definition) is 0. The van der Waals surface area contributed by atoms with Crippen LogP contribution in [0.5, 0.6) is 0 Å². The van der Waals surface area contributed by atoms with Crippen LogP contribution in [0.1, 0.15) is 18.1 Å². The molecule has 0 aliphatic heterocycles. The molecule has 0 nitrogen and oxygen atoms in total. The summed E-state index contributed by atoms with van der Waals surface area (Å²) in [6, 6.07) is 18.0. The Labute approximate surface area is 107 Å². The number of benzene rings is 3. The van der Waals surface area contributed by atoms with E-state index in [0.29, 0.717) is 0 Å². The Bertz CT molecular complexity index is 688. The molecular formula is C18H16. The summed E-state index contributed by atoms with van der Waals surface area (Å²) in [5.41, 5.74) is 3.05. The van der Waals surface area contributed by atoms with Crippen LogP contribution >= 0.6 is 0 Å². The minimum absolute atomic E-state index is 0.730. The second-order valence-electron chi connectivity index (χ2n) is 5.61. The molecule has 4 rings (SSSR count). The predicted molar refractivity (Wildman–Crippen MR) is 78.0 cm³/mol. The van der Waals surface area contributed by atoms with E-state index in [1.165, 1.54) is 45.5 Å². The van der Waals surface area contributed by atoms with Gasteiger partial charge >= 0.3 is 0 Å². The van der Waals surface area contributed by atoms with Gasteiger partial charge in [-0.15, -0.1) is 0 Å². The highest BCUT2D eigenvalue weighted by Gasteiger charge is 2.17. The Hall–Kier alpha value is -1.82. The molecule has 0 heterocycles. The fourth-order valence-electron chi connectivity index (χ4n) is 3.47. The van der Waals surface area contributed by atoms with E-state index in [4.69, 9.17) is 0 Å². The van der Waals surface area contributed by atoms with E-state index in [0.717, 1.165) is 5.92 Å². The first kappa shape index (κ1) is 10.1. The second-order valence-corrected chi connectivity index (χ2v) is 5.61. The fourth-order valence-corrected chi connectivity index (χ4v) is 3.47. The van der Waals surface area contributed by atoms with Crippen LogP contribution in [0.2, 0.25) is 0 Å². The average Bonchev–Trinajstić information content (AvgIpc) is 2.53. The van der Waals surface area contributed by atoms with E-state index in [1.54, 1.807) is 0 Å². The predicted octanol–water partition coefficient (Wildman–Crippen LogP) is 4.73. The standard InChI is InChI=1S/C18H16/c1-12-10-15-6-2-4-13-8-9-14-5-3-7-16(11-12)18(14)17(13)15/h2-9,12H,10-11H2,1H3. The van der Waals surface area contributed by atoms with Crippen LogP contribution in [0.15, 0.2) is 48.5 Å². The van der Waals surface area contributed by atoms with Crippen molar-refractivity contribution in [3.63, 3.8) is 0 Å². The molecule has 0 fully saturated rings. The Morgan fingerprint density at radius 1 is 0.722 bits per heavy atom. The van der Waals surface area contributed by atoms with Gasteiger partial charge in [0.25, 0.3) is 0 Å². The molecule has 3 aromatic rings. The van der Waals surface area contributed by atoms with Crippen molar-refractivity contribution in [1.29, 1.82) is 0 Å². The van der Waals surface area contributed by atoms with Crippen LogP contribution in [0.25, 0.3) is 21.5 Å². The quantitative estimate of drug-likeness (QED) is 0.492. The van der Waals surface area contributed by atoms with Crippen molar-refractivity contribution in [2.75, 3.05) is 0 Å². The summed E-state index contributed by atoms with van der Waals surface area (Å²) in [6.07, 6.45) is 2.40. The molecule has 18 heavy (non-hydrogen) atoms. The van der Waals surface area contributed by atoms with Crippen molar-refractivity contribution in [3.05, 3.63) is 59.7 Å². The van der Waals surface area contributed by atoms with Crippen LogP contribution in [0, 0.1) is 5.92 Å². The van der Waals surface area contributed by atoms with Gasteiger partial charge in [-0.1, -0.05) is 55.5 Å². The number of hydrogen-bond acceptors (Lipinski definition) is 0. The minimum atomic E-state index is 0.730. The van der Waals surface area contributed by atoms with Gasteiger partial charge in [-0.2, -0.15) is 0 Å². The lowest BCUT2D eigenvalue weighted by atomic mass is 9.95. The monoisotopic (exact) mass is 232 g/mol. The van der Waals surface area contributed by atoms with E-state index in [9.17, 15) is 0 Å². The number of rotatable bonds is 0. The molecule has 88 valence electrons. The summed E-state index contributed by atoms with van der Waals surface area (Å²) < 4.78 is 0. The first-order chi connectivity index (χ1) is 8.83. The van der Waals surface area contributed by atoms with Crippen LogP contribution < -0.4 is 0 Å². The zero-order valence-electron chi connectivity index (χ0n) is 10.6. The summed E-state index contributed by atoms with van der Waals surface area (Å²) in [6.45, 7) is 2.36. The Morgan fingerprint density at radius 2 is 1.22 bits per heavy atom. The summed E-state index contributed by atoms with van der Waals surface area (Å²) in [4.78, 5) is 0. The third kappa shape index (κ3) is 1.32. The third-order valence-electron chi connectivity index (χ3n) is 4.20. The van der Waals surface area contributed by atoms with Crippen LogP contribution in [-0.4, -0.2) is 0 Å². The SMILES string of the molecule is CC1Cc2cccc3ccc4cccc(c4c23)C1. The lowest BCUT2D eigenvalue weighted by Crippen LogP contribution is -2.01. The van der Waals surface area contributed by atoms with Crippen LogP contribution in [0.3, 0.4) is 0 Å². The molecule has 0 aromatic heterocycles. The molecule has 0 spiro atoms. The Morgan fingerprint density at radius 3 is 1.72 bits per heavy atom. The van der Waals surface area contributed by atoms with Crippen LogP contribution in [-0.2, 0) is 12.8 Å². The molecule has 0 unspecified atom stereocenters. The zero-order chi connectivity index (χ0) is 12.1. The molecule has 3 aromatic carbocycles. The fraction of sp³-hybridized carbons (Fsp3) is 0.222. The van der Waals surface area contributed by atoms with E-state index < -0.39 is 0 Å². The highest BCUT2D eigenvalue weighted by atomic mass is 14.2. The van der Waals surface area contributed by atoms with Crippen LogP contribution in [0.4, 0.5) is 0 Å². The van der Waals surface area contributed by atoms with Gasteiger partial charge in [0, 0.05) is 0 Å². The molecule has 1 aliphatic carbocycles. The molecule has 0 saturated heterocycles. The van der Waals surface area contributed by atoms with E-state index in [2.05, 4.69) is 55.5 Å². The second kappa shape index (κ2) is 3.58. The molecule has 0 amide bonds. The van der Waals surface area contributed by atoms with Gasteiger partial charge in [-0.3, -0.25) is 0 Å². The Kier molecular flexibility index (Phi) is 2.02. The van der Waals surface area contributed by atoms with Crippen molar-refractivity contribution >= 4 is 21.5 Å². The van der Waals surface area contributed by atoms with Gasteiger partial charge < -0.3 is 0 Å². The van der Waals surface area contributed by atoms with E-state index in [1.807, 2.05) is 0 Å². The van der Waals surface area contributed by atoms with Crippen molar-refractivity contribution in [2.45, 2.75) is 19.8 Å². The first-order valence-electron chi connectivity index (χ1n) is 6.75. The highest BCUT2D eigenvalue weighted by Crippen LogP contribution is 2.35. The molecular weight excluding hydrogens is 216 g/mol. The molecule has 0 saturated carbocycles. The van der Waals surface area contributed by atoms with E-state index in [-0.39, 0.29) is 0 Å². The molecule has 0 heteroatoms. The molecule has 0 bridgehead atoms. The largest absolute Gasteiger partial charge is 0.0619 e. The Balaban J connectivity index is 2.29. The van der Waals surface area contributed by atoms with E-state index >= 15 is 0 Å². The van der Waals surface area contributed by atoms with Gasteiger partial charge in [0.1, 0.15) is 0 Å². The van der Waals surface area contributed by atoms with Crippen molar-refractivity contribution in [2.24, 2.45) is 5.92 Å². The maximum atomic E-state index is 2.36. The van der Waals surface area contributed by atoms with Gasteiger partial charge in [0.05, 0.1) is 0 Å². The topological polar surface area (TPSA) is 0 Å². The summed E-state index contributed by atoms with van der Waals surface area (Å²) in [7, 11) is 0. The molecule has 0 atom stereocenters. The lowest BCUT2D eigenvalue weighted by Gasteiger charge is -2.09. The normalized spacial score (nSPS) is 15.4. The molecule has 0 N–H and O–H groups in total. The van der Waals surface area contributed by atoms with Crippen molar-refractivity contribution < 1.29 is 0 Å². The molecule has 0 radical (unpaired) electrons. The van der Waals surface area contributed by atoms with Crippen molar-refractivity contribution in [1.82, 2.24) is 0 Å². The third-order valence-corrected chi connectivity index (χ3v) is 4.20. The summed E-state index contributed by atoms with van der Waals surface area (Å²) >= 11 is 0. The average molecular weight is 232 g/mol. The lowest BCUT2D eigenvalue weighted by molar-refractivity contribution is 0.585. The van der Waals surface area contributed by atoms with Gasteiger partial charge in [0.15, 0.2) is 0 Å².